The van der Waals surface area contributed by atoms with E-state index in [0.29, 0.717) is 19.5 Å². The molecule has 0 fully saturated rings. The maximum absolute atomic E-state index is 13.8. The molecule has 88 valence electrons. The van der Waals surface area contributed by atoms with E-state index < -0.39 is 11.6 Å². The Morgan fingerprint density at radius 2 is 1.65 bits per heavy atom. The number of halogens is 5. The summed E-state index contributed by atoms with van der Waals surface area (Å²) in [6, 6.07) is 7.17. The summed E-state index contributed by atoms with van der Waals surface area (Å²) in [6.07, 6.45) is 0. The molecular weight excluding hydrogens is 377 g/mol. The van der Waals surface area contributed by atoms with E-state index in [2.05, 4.69) is 31.9 Å². The molecule has 0 saturated carbocycles. The lowest BCUT2D eigenvalue weighted by atomic mass is 10.1. The molecule has 0 saturated heterocycles. The van der Waals surface area contributed by atoms with Gasteiger partial charge in [0.25, 0.3) is 0 Å². The Morgan fingerprint density at radius 3 is 2.24 bits per heavy atom. The van der Waals surface area contributed by atoms with Crippen molar-refractivity contribution in [2.24, 2.45) is 0 Å². The van der Waals surface area contributed by atoms with Crippen molar-refractivity contribution < 1.29 is 8.78 Å². The second-order valence-electron chi connectivity index (χ2n) is 3.34. The molecule has 0 heterocycles. The van der Waals surface area contributed by atoms with Crippen LogP contribution in [0.1, 0.15) is 0 Å². The van der Waals surface area contributed by atoms with Crippen LogP contribution in [0.2, 0.25) is 5.02 Å². The highest BCUT2D eigenvalue weighted by Crippen LogP contribution is 2.40. The molecule has 0 nitrogen and oxygen atoms in total. The van der Waals surface area contributed by atoms with Gasteiger partial charge in [0.05, 0.1) is 0 Å². The first kappa shape index (κ1) is 13.0. The Morgan fingerprint density at radius 1 is 0.941 bits per heavy atom. The van der Waals surface area contributed by atoms with Gasteiger partial charge in [0.2, 0.25) is 0 Å². The molecule has 0 radical (unpaired) electrons. The predicted octanol–water partition coefficient (Wildman–Crippen LogP) is 5.81. The van der Waals surface area contributed by atoms with E-state index in [1.54, 1.807) is 18.2 Å². The molecule has 0 atom stereocenters. The highest BCUT2D eigenvalue weighted by atomic mass is 79.9. The molecule has 0 aliphatic rings. The van der Waals surface area contributed by atoms with Crippen LogP contribution in [0.25, 0.3) is 11.1 Å². The molecule has 0 aliphatic heterocycles. The van der Waals surface area contributed by atoms with Gasteiger partial charge < -0.3 is 0 Å². The van der Waals surface area contributed by atoms with Crippen molar-refractivity contribution in [2.75, 3.05) is 0 Å². The van der Waals surface area contributed by atoms with Crippen LogP contribution in [-0.4, -0.2) is 0 Å². The standard InChI is InChI=1S/C12H5Br2ClF2/c13-7-2-1-3-9(15)11(7)12-8(14)4-6(16)5-10(12)17/h1-5H. The van der Waals surface area contributed by atoms with Crippen LogP contribution >= 0.6 is 43.5 Å². The zero-order chi connectivity index (χ0) is 12.6. The van der Waals surface area contributed by atoms with E-state index in [0.717, 1.165) is 6.07 Å². The van der Waals surface area contributed by atoms with Crippen LogP contribution in [0.15, 0.2) is 39.3 Å². The highest BCUT2D eigenvalue weighted by Gasteiger charge is 2.16. The smallest absolute Gasteiger partial charge is 0.135 e. The Hall–Kier alpha value is -0.450. The molecule has 2 rings (SSSR count). The minimum absolute atomic E-state index is 0.240. The lowest BCUT2D eigenvalue weighted by molar-refractivity contribution is 0.584. The highest BCUT2D eigenvalue weighted by molar-refractivity contribution is 9.11. The van der Waals surface area contributed by atoms with Crippen molar-refractivity contribution in [1.29, 1.82) is 0 Å². The monoisotopic (exact) mass is 380 g/mol. The van der Waals surface area contributed by atoms with E-state index in [-0.39, 0.29) is 5.56 Å². The molecule has 0 N–H and O–H groups in total. The van der Waals surface area contributed by atoms with Gasteiger partial charge in [-0.1, -0.05) is 33.6 Å². The van der Waals surface area contributed by atoms with E-state index in [9.17, 15) is 8.78 Å². The van der Waals surface area contributed by atoms with Crippen molar-refractivity contribution in [2.45, 2.75) is 0 Å². The van der Waals surface area contributed by atoms with Crippen LogP contribution < -0.4 is 0 Å². The van der Waals surface area contributed by atoms with Gasteiger partial charge in [0, 0.05) is 31.2 Å². The molecule has 0 spiro atoms. The Labute approximate surface area is 119 Å². The average Bonchev–Trinajstić information content (AvgIpc) is 2.21. The summed E-state index contributed by atoms with van der Waals surface area (Å²) in [7, 11) is 0. The minimum atomic E-state index is -0.661. The Kier molecular flexibility index (Phi) is 3.85. The van der Waals surface area contributed by atoms with Crippen molar-refractivity contribution in [3.8, 4) is 11.1 Å². The van der Waals surface area contributed by atoms with Crippen molar-refractivity contribution in [1.82, 2.24) is 0 Å². The van der Waals surface area contributed by atoms with Gasteiger partial charge in [-0.05, 0) is 34.1 Å². The summed E-state index contributed by atoms with van der Waals surface area (Å²) in [5, 5.41) is 0.394. The number of benzene rings is 2. The van der Waals surface area contributed by atoms with Crippen molar-refractivity contribution >= 4 is 43.5 Å². The fourth-order valence-corrected chi connectivity index (χ4v) is 3.07. The van der Waals surface area contributed by atoms with Crippen molar-refractivity contribution in [3.05, 3.63) is 55.9 Å². The first-order valence-electron chi connectivity index (χ1n) is 4.59. The van der Waals surface area contributed by atoms with Crippen LogP contribution in [0.5, 0.6) is 0 Å². The van der Waals surface area contributed by atoms with E-state index in [1.807, 2.05) is 0 Å². The van der Waals surface area contributed by atoms with Crippen LogP contribution in [0.4, 0.5) is 8.78 Å². The lowest BCUT2D eigenvalue weighted by Gasteiger charge is -2.10. The summed E-state index contributed by atoms with van der Waals surface area (Å²) < 4.78 is 27.8. The first-order valence-corrected chi connectivity index (χ1v) is 6.56. The molecular formula is C12H5Br2ClF2. The number of hydrogen-bond donors (Lipinski definition) is 0. The normalized spacial score (nSPS) is 10.6. The number of hydrogen-bond acceptors (Lipinski definition) is 0. The van der Waals surface area contributed by atoms with Crippen molar-refractivity contribution in [3.63, 3.8) is 0 Å². The summed E-state index contributed by atoms with van der Waals surface area (Å²) in [6.45, 7) is 0. The number of rotatable bonds is 1. The largest absolute Gasteiger partial charge is 0.207 e. The molecule has 0 unspecified atom stereocenters. The molecule has 0 aliphatic carbocycles. The quantitative estimate of drug-likeness (QED) is 0.584. The zero-order valence-electron chi connectivity index (χ0n) is 8.28. The summed E-state index contributed by atoms with van der Waals surface area (Å²) in [5.41, 5.74) is 0.738. The first-order chi connectivity index (χ1) is 8.00. The average molecular weight is 382 g/mol. The maximum Gasteiger partial charge on any atom is 0.135 e. The van der Waals surface area contributed by atoms with Gasteiger partial charge >= 0.3 is 0 Å². The van der Waals surface area contributed by atoms with Crippen LogP contribution in [0.3, 0.4) is 0 Å². The van der Waals surface area contributed by atoms with E-state index in [4.69, 9.17) is 11.6 Å². The maximum atomic E-state index is 13.8. The Bertz CT molecular complexity index is 541. The van der Waals surface area contributed by atoms with Gasteiger partial charge in [-0.25, -0.2) is 8.78 Å². The zero-order valence-corrected chi connectivity index (χ0v) is 12.2. The molecule has 17 heavy (non-hydrogen) atoms. The third-order valence-electron chi connectivity index (χ3n) is 2.22. The topological polar surface area (TPSA) is 0 Å². The Balaban J connectivity index is 2.77. The lowest BCUT2D eigenvalue weighted by Crippen LogP contribution is -1.91. The van der Waals surface area contributed by atoms with Crippen LogP contribution in [-0.2, 0) is 0 Å². The molecule has 2 aromatic rings. The van der Waals surface area contributed by atoms with E-state index >= 15 is 0 Å². The fourth-order valence-electron chi connectivity index (χ4n) is 1.52. The molecule has 0 aromatic heterocycles. The van der Waals surface area contributed by atoms with Gasteiger partial charge in [-0.2, -0.15) is 0 Å². The molecule has 0 bridgehead atoms. The summed E-state index contributed by atoms with van der Waals surface area (Å²) >= 11 is 12.5. The van der Waals surface area contributed by atoms with Crippen LogP contribution in [0, 0.1) is 11.6 Å². The van der Waals surface area contributed by atoms with Gasteiger partial charge in [-0.3, -0.25) is 0 Å². The SMILES string of the molecule is Fc1cc(F)c(-c2c(Cl)cccc2Br)c(Br)c1. The third-order valence-corrected chi connectivity index (χ3v) is 3.82. The third kappa shape index (κ3) is 2.54. The van der Waals surface area contributed by atoms with Gasteiger partial charge in [0.1, 0.15) is 11.6 Å². The van der Waals surface area contributed by atoms with Gasteiger partial charge in [-0.15, -0.1) is 0 Å². The second-order valence-corrected chi connectivity index (χ2v) is 5.46. The minimum Gasteiger partial charge on any atom is -0.207 e. The summed E-state index contributed by atoms with van der Waals surface area (Å²) in [5.74, 6) is -1.30. The summed E-state index contributed by atoms with van der Waals surface area (Å²) in [4.78, 5) is 0. The second kappa shape index (κ2) is 5.04. The predicted molar refractivity (Wildman–Crippen MR) is 72.2 cm³/mol. The van der Waals surface area contributed by atoms with Gasteiger partial charge in [0.15, 0.2) is 0 Å². The molecule has 5 heteroatoms. The molecule has 0 amide bonds. The van der Waals surface area contributed by atoms with E-state index in [1.165, 1.54) is 6.07 Å². The molecule has 2 aromatic carbocycles. The fraction of sp³-hybridized carbons (Fsp3) is 0.